The molecule has 0 aromatic rings. The molecule has 0 bridgehead atoms. The molecular formula is C11H16O3. The standard InChI is InChI=1S/C11H16O3/c1-8-4-5-11(6-8)9(12)7-13-10(2,3)14-11/h4H,5-7H2,1-3H3/t11-/m0/s1. The molecule has 78 valence electrons. The van der Waals surface area contributed by atoms with Crippen molar-refractivity contribution in [1.29, 1.82) is 0 Å². The highest BCUT2D eigenvalue weighted by molar-refractivity contribution is 5.90. The SMILES string of the molecule is CC1=CC[C@@]2(C1)OC(C)(C)OCC2=O. The average molecular weight is 196 g/mol. The van der Waals surface area contributed by atoms with E-state index < -0.39 is 11.4 Å². The van der Waals surface area contributed by atoms with Gasteiger partial charge in [-0.25, -0.2) is 0 Å². The first-order valence-electron chi connectivity index (χ1n) is 4.97. The lowest BCUT2D eigenvalue weighted by Crippen LogP contribution is -2.54. The number of rotatable bonds is 0. The molecule has 1 aliphatic heterocycles. The van der Waals surface area contributed by atoms with E-state index in [9.17, 15) is 4.79 Å². The van der Waals surface area contributed by atoms with E-state index in [4.69, 9.17) is 9.47 Å². The third-order valence-electron chi connectivity index (χ3n) is 2.84. The molecule has 1 heterocycles. The molecular weight excluding hydrogens is 180 g/mol. The molecule has 1 atom stereocenters. The van der Waals surface area contributed by atoms with Gasteiger partial charge in [-0.05, 0) is 20.8 Å². The zero-order valence-corrected chi connectivity index (χ0v) is 8.92. The van der Waals surface area contributed by atoms with E-state index in [0.29, 0.717) is 6.42 Å². The minimum atomic E-state index is -0.633. The predicted octanol–water partition coefficient (Wildman–Crippen LogP) is 1.82. The lowest BCUT2D eigenvalue weighted by atomic mass is 9.92. The second-order valence-electron chi connectivity index (χ2n) is 4.64. The number of carbonyl (C=O) groups excluding carboxylic acids is 1. The molecule has 0 aromatic carbocycles. The minimum absolute atomic E-state index is 0.0740. The van der Waals surface area contributed by atoms with Crippen molar-refractivity contribution in [2.75, 3.05) is 6.61 Å². The fourth-order valence-corrected chi connectivity index (χ4v) is 2.15. The molecule has 0 amide bonds. The first-order valence-corrected chi connectivity index (χ1v) is 4.97. The number of carbonyl (C=O) groups is 1. The van der Waals surface area contributed by atoms with Gasteiger partial charge in [0, 0.05) is 12.8 Å². The van der Waals surface area contributed by atoms with Crippen molar-refractivity contribution >= 4 is 5.78 Å². The Hall–Kier alpha value is -0.670. The summed E-state index contributed by atoms with van der Waals surface area (Å²) in [5, 5.41) is 0. The van der Waals surface area contributed by atoms with Gasteiger partial charge in [0.05, 0.1) is 0 Å². The molecule has 1 fully saturated rings. The first-order chi connectivity index (χ1) is 6.44. The summed E-state index contributed by atoms with van der Waals surface area (Å²) in [5.41, 5.74) is 0.613. The molecule has 1 saturated heterocycles. The minimum Gasteiger partial charge on any atom is -0.343 e. The van der Waals surface area contributed by atoms with Gasteiger partial charge < -0.3 is 9.47 Å². The number of ketones is 1. The summed E-state index contributed by atoms with van der Waals surface area (Å²) in [5.74, 6) is -0.559. The van der Waals surface area contributed by atoms with Crippen LogP contribution in [0.4, 0.5) is 0 Å². The van der Waals surface area contributed by atoms with E-state index in [1.54, 1.807) is 0 Å². The van der Waals surface area contributed by atoms with E-state index in [1.807, 2.05) is 20.8 Å². The normalized spacial score (nSPS) is 36.2. The number of ether oxygens (including phenoxy) is 2. The topological polar surface area (TPSA) is 35.5 Å². The number of Topliss-reactive ketones (excluding diaryl/α,β-unsaturated/α-hetero) is 1. The van der Waals surface area contributed by atoms with Crippen molar-refractivity contribution in [3.05, 3.63) is 11.6 Å². The van der Waals surface area contributed by atoms with Gasteiger partial charge in [-0.15, -0.1) is 0 Å². The van der Waals surface area contributed by atoms with E-state index in [0.717, 1.165) is 6.42 Å². The van der Waals surface area contributed by atoms with Gasteiger partial charge in [-0.1, -0.05) is 11.6 Å². The number of hydrogen-bond donors (Lipinski definition) is 0. The lowest BCUT2D eigenvalue weighted by Gasteiger charge is -2.41. The Morgan fingerprint density at radius 2 is 2.14 bits per heavy atom. The van der Waals surface area contributed by atoms with E-state index in [1.165, 1.54) is 5.57 Å². The van der Waals surface area contributed by atoms with Crippen molar-refractivity contribution in [3.8, 4) is 0 Å². The van der Waals surface area contributed by atoms with Gasteiger partial charge in [0.25, 0.3) is 0 Å². The molecule has 1 spiro atoms. The highest BCUT2D eigenvalue weighted by Crippen LogP contribution is 2.39. The summed E-state index contributed by atoms with van der Waals surface area (Å²) in [6.45, 7) is 5.92. The van der Waals surface area contributed by atoms with Crippen molar-refractivity contribution in [2.24, 2.45) is 0 Å². The molecule has 0 unspecified atom stereocenters. The van der Waals surface area contributed by atoms with Crippen LogP contribution < -0.4 is 0 Å². The van der Waals surface area contributed by atoms with E-state index >= 15 is 0 Å². The van der Waals surface area contributed by atoms with E-state index in [-0.39, 0.29) is 12.4 Å². The Bertz CT molecular complexity index is 304. The molecule has 1 aliphatic carbocycles. The van der Waals surface area contributed by atoms with Crippen LogP contribution in [0.15, 0.2) is 11.6 Å². The monoisotopic (exact) mass is 196 g/mol. The Labute approximate surface area is 84.1 Å². The van der Waals surface area contributed by atoms with Crippen LogP contribution in [0.3, 0.4) is 0 Å². The molecule has 3 nitrogen and oxygen atoms in total. The Morgan fingerprint density at radius 1 is 1.43 bits per heavy atom. The third kappa shape index (κ3) is 1.51. The van der Waals surface area contributed by atoms with Crippen LogP contribution >= 0.6 is 0 Å². The molecule has 0 N–H and O–H groups in total. The van der Waals surface area contributed by atoms with Crippen molar-refractivity contribution < 1.29 is 14.3 Å². The van der Waals surface area contributed by atoms with E-state index in [2.05, 4.69) is 6.08 Å². The fraction of sp³-hybridized carbons (Fsp3) is 0.727. The van der Waals surface area contributed by atoms with Gasteiger partial charge in [-0.2, -0.15) is 0 Å². The summed E-state index contributed by atoms with van der Waals surface area (Å²) < 4.78 is 11.1. The molecule has 2 aliphatic rings. The molecule has 14 heavy (non-hydrogen) atoms. The van der Waals surface area contributed by atoms with Crippen LogP contribution in [-0.2, 0) is 14.3 Å². The Balaban J connectivity index is 2.21. The van der Waals surface area contributed by atoms with Gasteiger partial charge in [0.15, 0.2) is 11.6 Å². The highest BCUT2D eigenvalue weighted by Gasteiger charge is 2.49. The van der Waals surface area contributed by atoms with Crippen LogP contribution in [-0.4, -0.2) is 23.8 Å². The van der Waals surface area contributed by atoms with Crippen LogP contribution in [0.1, 0.15) is 33.6 Å². The molecule has 0 saturated carbocycles. The van der Waals surface area contributed by atoms with Crippen molar-refractivity contribution in [2.45, 2.75) is 45.0 Å². The first kappa shape index (κ1) is 9.87. The maximum absolute atomic E-state index is 11.8. The van der Waals surface area contributed by atoms with Crippen LogP contribution in [0.25, 0.3) is 0 Å². The summed E-state index contributed by atoms with van der Waals surface area (Å²) in [6, 6.07) is 0. The summed E-state index contributed by atoms with van der Waals surface area (Å²) in [6.07, 6.45) is 3.50. The maximum atomic E-state index is 11.8. The van der Waals surface area contributed by atoms with Crippen LogP contribution in [0.2, 0.25) is 0 Å². The Kier molecular flexibility index (Phi) is 2.05. The molecule has 2 rings (SSSR count). The largest absolute Gasteiger partial charge is 0.343 e. The maximum Gasteiger partial charge on any atom is 0.191 e. The zero-order chi connectivity index (χ0) is 10.4. The second kappa shape index (κ2) is 2.91. The number of hydrogen-bond acceptors (Lipinski definition) is 3. The Morgan fingerprint density at radius 3 is 2.71 bits per heavy atom. The average Bonchev–Trinajstić information content (AvgIpc) is 2.41. The fourth-order valence-electron chi connectivity index (χ4n) is 2.15. The molecule has 0 radical (unpaired) electrons. The van der Waals surface area contributed by atoms with Crippen LogP contribution in [0, 0.1) is 0 Å². The molecule has 0 aromatic heterocycles. The van der Waals surface area contributed by atoms with Gasteiger partial charge >= 0.3 is 0 Å². The molecule has 3 heteroatoms. The van der Waals surface area contributed by atoms with Crippen LogP contribution in [0.5, 0.6) is 0 Å². The van der Waals surface area contributed by atoms with Crippen molar-refractivity contribution in [1.82, 2.24) is 0 Å². The summed E-state index contributed by atoms with van der Waals surface area (Å²) >= 11 is 0. The smallest absolute Gasteiger partial charge is 0.191 e. The zero-order valence-electron chi connectivity index (χ0n) is 8.92. The third-order valence-corrected chi connectivity index (χ3v) is 2.84. The summed E-state index contributed by atoms with van der Waals surface area (Å²) in [4.78, 5) is 11.8. The van der Waals surface area contributed by atoms with Crippen molar-refractivity contribution in [3.63, 3.8) is 0 Å². The lowest BCUT2D eigenvalue weighted by molar-refractivity contribution is -0.286. The highest BCUT2D eigenvalue weighted by atomic mass is 16.7. The van der Waals surface area contributed by atoms with Gasteiger partial charge in [0.2, 0.25) is 0 Å². The quantitative estimate of drug-likeness (QED) is 0.554. The van der Waals surface area contributed by atoms with Gasteiger partial charge in [0.1, 0.15) is 12.2 Å². The predicted molar refractivity (Wildman–Crippen MR) is 51.8 cm³/mol. The van der Waals surface area contributed by atoms with Gasteiger partial charge in [-0.3, -0.25) is 4.79 Å². The summed E-state index contributed by atoms with van der Waals surface area (Å²) in [7, 11) is 0. The second-order valence-corrected chi connectivity index (χ2v) is 4.64.